The highest BCUT2D eigenvalue weighted by Gasteiger charge is 2.46. The Morgan fingerprint density at radius 3 is 2.65 bits per heavy atom. The number of nitrogens with one attached hydrogen (secondary N) is 1. The molecule has 0 spiro atoms. The Labute approximate surface area is 116 Å². The highest BCUT2D eigenvalue weighted by Crippen LogP contribution is 2.36. The lowest BCUT2D eigenvalue weighted by molar-refractivity contribution is 0.360. The summed E-state index contributed by atoms with van der Waals surface area (Å²) in [6.07, 6.45) is 0. The predicted octanol–water partition coefficient (Wildman–Crippen LogP) is 1.19. The predicted molar refractivity (Wildman–Crippen MR) is 69.6 cm³/mol. The minimum atomic E-state index is -3.77. The Kier molecular flexibility index (Phi) is 3.30. The molecule has 0 aromatic heterocycles. The van der Waals surface area contributed by atoms with Gasteiger partial charge in [-0.15, -0.1) is 0 Å². The second kappa shape index (κ2) is 4.75. The molecule has 1 aromatic carbocycles. The molecule has 2 heterocycles. The quantitative estimate of drug-likeness (QED) is 0.893. The van der Waals surface area contributed by atoms with Gasteiger partial charge in [0.05, 0.1) is 4.90 Å². The van der Waals surface area contributed by atoms with E-state index in [1.54, 1.807) is 0 Å². The fraction of sp³-hybridized carbons (Fsp3) is 0.538. The van der Waals surface area contributed by atoms with Gasteiger partial charge in [-0.3, -0.25) is 0 Å². The first-order valence-electron chi connectivity index (χ1n) is 6.59. The zero-order valence-corrected chi connectivity index (χ0v) is 11.8. The van der Waals surface area contributed by atoms with Crippen LogP contribution in [0.15, 0.2) is 23.1 Å². The lowest BCUT2D eigenvalue weighted by Crippen LogP contribution is -2.38. The Morgan fingerprint density at radius 1 is 1.25 bits per heavy atom. The molecule has 110 valence electrons. The fourth-order valence-electron chi connectivity index (χ4n) is 3.22. The van der Waals surface area contributed by atoms with Crippen LogP contribution in [0.25, 0.3) is 0 Å². The van der Waals surface area contributed by atoms with Crippen molar-refractivity contribution in [2.75, 3.05) is 19.6 Å². The van der Waals surface area contributed by atoms with E-state index in [1.165, 1.54) is 4.31 Å². The monoisotopic (exact) mass is 302 g/mol. The highest BCUT2D eigenvalue weighted by atomic mass is 32.2. The molecule has 7 heteroatoms. The van der Waals surface area contributed by atoms with Gasteiger partial charge in [0.2, 0.25) is 10.0 Å². The molecule has 3 atom stereocenters. The summed E-state index contributed by atoms with van der Waals surface area (Å²) in [7, 11) is -3.77. The van der Waals surface area contributed by atoms with Crippen LogP contribution < -0.4 is 5.32 Å². The SMILES string of the molecule is CC1C2CNCC2CN1S(=O)(=O)c1ccc(F)c(F)c1. The van der Waals surface area contributed by atoms with Crippen LogP contribution in [0, 0.1) is 23.5 Å². The van der Waals surface area contributed by atoms with Gasteiger partial charge in [0.25, 0.3) is 0 Å². The van der Waals surface area contributed by atoms with Gasteiger partial charge in [0, 0.05) is 12.6 Å². The van der Waals surface area contributed by atoms with Crippen molar-refractivity contribution in [3.8, 4) is 0 Å². The van der Waals surface area contributed by atoms with E-state index >= 15 is 0 Å². The number of nitrogens with zero attached hydrogens (tertiary/aromatic N) is 1. The van der Waals surface area contributed by atoms with E-state index in [9.17, 15) is 17.2 Å². The first-order valence-corrected chi connectivity index (χ1v) is 8.03. The minimum absolute atomic E-state index is 0.131. The summed E-state index contributed by atoms with van der Waals surface area (Å²) in [4.78, 5) is -0.184. The number of hydrogen-bond donors (Lipinski definition) is 1. The highest BCUT2D eigenvalue weighted by molar-refractivity contribution is 7.89. The molecule has 2 saturated heterocycles. The van der Waals surface area contributed by atoms with Gasteiger partial charge in [-0.25, -0.2) is 17.2 Å². The zero-order valence-electron chi connectivity index (χ0n) is 11.0. The van der Waals surface area contributed by atoms with Crippen LogP contribution in [0.1, 0.15) is 6.92 Å². The van der Waals surface area contributed by atoms with Crippen molar-refractivity contribution in [2.45, 2.75) is 17.9 Å². The molecule has 2 aliphatic heterocycles. The van der Waals surface area contributed by atoms with Crippen molar-refractivity contribution in [1.29, 1.82) is 0 Å². The van der Waals surface area contributed by atoms with Crippen LogP contribution in [0.2, 0.25) is 0 Å². The average molecular weight is 302 g/mol. The van der Waals surface area contributed by atoms with Crippen molar-refractivity contribution in [2.24, 2.45) is 11.8 Å². The maximum Gasteiger partial charge on any atom is 0.243 e. The summed E-state index contributed by atoms with van der Waals surface area (Å²) in [5, 5.41) is 3.25. The molecule has 0 aliphatic carbocycles. The number of halogens is 2. The van der Waals surface area contributed by atoms with E-state index in [-0.39, 0.29) is 16.9 Å². The largest absolute Gasteiger partial charge is 0.316 e. The molecule has 2 aliphatic rings. The maximum absolute atomic E-state index is 13.3. The third-order valence-corrected chi connectivity index (χ3v) is 6.33. The van der Waals surface area contributed by atoms with Crippen LogP contribution in [0.4, 0.5) is 8.78 Å². The molecule has 1 N–H and O–H groups in total. The molecule has 0 radical (unpaired) electrons. The van der Waals surface area contributed by atoms with Gasteiger partial charge in [-0.1, -0.05) is 0 Å². The molecule has 20 heavy (non-hydrogen) atoms. The molecule has 4 nitrogen and oxygen atoms in total. The van der Waals surface area contributed by atoms with E-state index in [2.05, 4.69) is 5.32 Å². The second-order valence-electron chi connectivity index (χ2n) is 5.47. The smallest absolute Gasteiger partial charge is 0.243 e. The van der Waals surface area contributed by atoms with Gasteiger partial charge in [0.1, 0.15) is 0 Å². The zero-order chi connectivity index (χ0) is 14.5. The number of fused-ring (bicyclic) bond motifs is 1. The standard InChI is InChI=1S/C13H16F2N2O2S/c1-8-11-6-16-5-9(11)7-17(8)20(18,19)10-2-3-12(14)13(15)4-10/h2-4,8-9,11,16H,5-7H2,1H3. The average Bonchev–Trinajstić information content (AvgIpc) is 2.96. The van der Waals surface area contributed by atoms with Crippen molar-refractivity contribution in [3.63, 3.8) is 0 Å². The van der Waals surface area contributed by atoms with Crippen LogP contribution in [0.5, 0.6) is 0 Å². The van der Waals surface area contributed by atoms with Crippen molar-refractivity contribution in [1.82, 2.24) is 9.62 Å². The van der Waals surface area contributed by atoms with E-state index in [4.69, 9.17) is 0 Å². The summed E-state index contributed by atoms with van der Waals surface area (Å²) < 4.78 is 52.7. The fourth-order valence-corrected chi connectivity index (χ4v) is 4.96. The third kappa shape index (κ3) is 2.04. The Hall–Kier alpha value is -1.05. The van der Waals surface area contributed by atoms with Crippen molar-refractivity contribution >= 4 is 10.0 Å². The number of sulfonamides is 1. The van der Waals surface area contributed by atoms with Crippen LogP contribution in [-0.2, 0) is 10.0 Å². The Morgan fingerprint density at radius 2 is 2.00 bits per heavy atom. The first kappa shape index (κ1) is 13.9. The van der Waals surface area contributed by atoms with Gasteiger partial charge >= 0.3 is 0 Å². The topological polar surface area (TPSA) is 49.4 Å². The Balaban J connectivity index is 1.94. The maximum atomic E-state index is 13.3. The Bertz CT molecular complexity index is 635. The molecular formula is C13H16F2N2O2S. The summed E-state index contributed by atoms with van der Waals surface area (Å²) in [5.74, 6) is -1.60. The van der Waals surface area contributed by atoms with E-state index in [0.717, 1.165) is 31.3 Å². The van der Waals surface area contributed by atoms with Crippen LogP contribution in [-0.4, -0.2) is 38.4 Å². The minimum Gasteiger partial charge on any atom is -0.316 e. The molecule has 3 rings (SSSR count). The van der Waals surface area contributed by atoms with E-state index in [0.29, 0.717) is 12.5 Å². The van der Waals surface area contributed by atoms with Crippen molar-refractivity contribution < 1.29 is 17.2 Å². The van der Waals surface area contributed by atoms with Crippen LogP contribution >= 0.6 is 0 Å². The third-order valence-electron chi connectivity index (χ3n) is 4.38. The molecule has 3 unspecified atom stereocenters. The van der Waals surface area contributed by atoms with Gasteiger partial charge < -0.3 is 5.32 Å². The summed E-state index contributed by atoms with van der Waals surface area (Å²) in [5.41, 5.74) is 0. The number of rotatable bonds is 2. The van der Waals surface area contributed by atoms with Gasteiger partial charge in [0.15, 0.2) is 11.6 Å². The molecule has 2 fully saturated rings. The van der Waals surface area contributed by atoms with Gasteiger partial charge in [-0.2, -0.15) is 4.31 Å². The summed E-state index contributed by atoms with van der Waals surface area (Å²) in [6, 6.07) is 2.59. The van der Waals surface area contributed by atoms with Crippen LogP contribution in [0.3, 0.4) is 0 Å². The second-order valence-corrected chi connectivity index (χ2v) is 7.36. The van der Waals surface area contributed by atoms with Gasteiger partial charge in [-0.05, 0) is 50.0 Å². The van der Waals surface area contributed by atoms with E-state index < -0.39 is 21.7 Å². The first-order chi connectivity index (χ1) is 9.41. The van der Waals surface area contributed by atoms with E-state index in [1.807, 2.05) is 6.92 Å². The molecule has 0 bridgehead atoms. The summed E-state index contributed by atoms with van der Waals surface area (Å²) in [6.45, 7) is 3.91. The lowest BCUT2D eigenvalue weighted by Gasteiger charge is -2.23. The number of benzene rings is 1. The number of hydrogen-bond acceptors (Lipinski definition) is 3. The van der Waals surface area contributed by atoms with Crippen molar-refractivity contribution in [3.05, 3.63) is 29.8 Å². The lowest BCUT2D eigenvalue weighted by atomic mass is 9.95. The normalized spacial score (nSPS) is 30.6. The molecular weight excluding hydrogens is 286 g/mol. The molecule has 0 saturated carbocycles. The molecule has 1 aromatic rings. The summed E-state index contributed by atoms with van der Waals surface area (Å²) >= 11 is 0. The molecule has 0 amide bonds.